The number of rotatable bonds is 3. The first-order valence-corrected chi connectivity index (χ1v) is 8.01. The van der Waals surface area contributed by atoms with Crippen LogP contribution in [-0.2, 0) is 4.79 Å². The van der Waals surface area contributed by atoms with Gasteiger partial charge in [0.1, 0.15) is 0 Å². The third-order valence-corrected chi connectivity index (χ3v) is 4.77. The molecule has 2 aromatic rings. The minimum Gasteiger partial charge on any atom is -0.246 e. The summed E-state index contributed by atoms with van der Waals surface area (Å²) in [6.07, 6.45) is 0.532. The summed E-state index contributed by atoms with van der Waals surface area (Å²) >= 11 is 1.45. The summed E-state index contributed by atoms with van der Waals surface area (Å²) in [4.78, 5) is 26.8. The Morgan fingerprint density at radius 3 is 2.52 bits per heavy atom. The van der Waals surface area contributed by atoms with E-state index < -0.39 is 5.92 Å². The highest BCUT2D eigenvalue weighted by Gasteiger charge is 2.47. The lowest BCUT2D eigenvalue weighted by Gasteiger charge is -2.22. The van der Waals surface area contributed by atoms with Gasteiger partial charge in [0.25, 0.3) is 0 Å². The van der Waals surface area contributed by atoms with Crippen LogP contribution in [0.3, 0.4) is 0 Å². The third kappa shape index (κ3) is 2.08. The molecule has 0 radical (unpaired) electrons. The summed E-state index contributed by atoms with van der Waals surface area (Å²) in [6, 6.07) is 9.82. The number of amides is 1. The number of anilines is 1. The molecule has 0 aliphatic carbocycles. The average Bonchev–Trinajstić information content (AvgIpc) is 2.94. The molecule has 3 rings (SSSR count). The van der Waals surface area contributed by atoms with Gasteiger partial charge in [0.15, 0.2) is 11.6 Å². The normalized spacial score (nSPS) is 18.0. The highest BCUT2D eigenvalue weighted by molar-refractivity contribution is 7.13. The molecule has 0 N–H and O–H groups in total. The zero-order valence-electron chi connectivity index (χ0n) is 12.1. The van der Waals surface area contributed by atoms with Gasteiger partial charge >= 0.3 is 16.9 Å². The Morgan fingerprint density at radius 2 is 1.90 bits per heavy atom. The third-order valence-electron chi connectivity index (χ3n) is 3.82. The highest BCUT2D eigenvalue weighted by Crippen LogP contribution is 2.30. The molecule has 0 spiro atoms. The predicted octanol–water partition coefficient (Wildman–Crippen LogP) is 2.74. The van der Waals surface area contributed by atoms with E-state index >= 15 is 0 Å². The first-order chi connectivity index (χ1) is 10.2. The van der Waals surface area contributed by atoms with Crippen LogP contribution >= 0.6 is 11.3 Å². The Morgan fingerprint density at radius 1 is 1.19 bits per heavy atom. The van der Waals surface area contributed by atoms with Crippen molar-refractivity contribution in [2.24, 2.45) is 5.92 Å². The maximum atomic E-state index is 12.7. The molecule has 1 aliphatic rings. The lowest BCUT2D eigenvalue weighted by molar-refractivity contribution is -0.549. The van der Waals surface area contributed by atoms with E-state index in [1.54, 1.807) is 9.47 Å². The number of nitrogens with zero attached hydrogens (tertiary/aromatic N) is 2. The van der Waals surface area contributed by atoms with Crippen LogP contribution in [0, 0.1) is 5.92 Å². The monoisotopic (exact) mass is 301 g/mol. The fraction of sp³-hybridized carbons (Fsp3) is 0.312. The Bertz CT molecular complexity index is 694. The average molecular weight is 301 g/mol. The molecule has 1 unspecified atom stereocenters. The molecule has 5 heteroatoms. The van der Waals surface area contributed by atoms with Gasteiger partial charge in [-0.3, -0.25) is 0 Å². The van der Waals surface area contributed by atoms with E-state index in [-0.39, 0.29) is 11.8 Å². The van der Waals surface area contributed by atoms with E-state index in [1.165, 1.54) is 11.3 Å². The second-order valence-corrected chi connectivity index (χ2v) is 5.82. The van der Waals surface area contributed by atoms with Gasteiger partial charge in [0.2, 0.25) is 0 Å². The van der Waals surface area contributed by atoms with Gasteiger partial charge in [0.05, 0.1) is 6.54 Å². The van der Waals surface area contributed by atoms with Crippen molar-refractivity contribution in [3.63, 3.8) is 0 Å². The minimum atomic E-state index is -0.570. The van der Waals surface area contributed by atoms with Gasteiger partial charge < -0.3 is 0 Å². The minimum absolute atomic E-state index is 0.0774. The van der Waals surface area contributed by atoms with Crippen molar-refractivity contribution in [2.75, 3.05) is 11.4 Å². The van der Waals surface area contributed by atoms with Gasteiger partial charge in [-0.05, 0) is 13.3 Å². The number of carbonyl (C=O) groups excluding carboxylic acids is 2. The second kappa shape index (κ2) is 5.41. The van der Waals surface area contributed by atoms with Crippen LogP contribution in [-0.4, -0.2) is 18.4 Å². The van der Waals surface area contributed by atoms with E-state index in [0.717, 1.165) is 16.4 Å². The Labute approximate surface area is 127 Å². The maximum absolute atomic E-state index is 12.7. The van der Waals surface area contributed by atoms with Crippen LogP contribution < -0.4 is 9.47 Å². The first-order valence-electron chi connectivity index (χ1n) is 7.13. The first kappa shape index (κ1) is 13.9. The van der Waals surface area contributed by atoms with Gasteiger partial charge in [-0.2, -0.15) is 4.90 Å². The highest BCUT2D eigenvalue weighted by atomic mass is 32.1. The van der Waals surface area contributed by atoms with E-state index in [2.05, 4.69) is 0 Å². The molecule has 1 aliphatic heterocycles. The Kier molecular flexibility index (Phi) is 3.59. The van der Waals surface area contributed by atoms with Crippen molar-refractivity contribution in [2.45, 2.75) is 20.3 Å². The Hall–Kier alpha value is -2.01. The van der Waals surface area contributed by atoms with Gasteiger partial charge in [-0.25, -0.2) is 9.59 Å². The number of thiazole rings is 1. The molecule has 0 saturated heterocycles. The lowest BCUT2D eigenvalue weighted by atomic mass is 10.0. The zero-order chi connectivity index (χ0) is 15.0. The molecule has 4 nitrogen and oxygen atoms in total. The van der Waals surface area contributed by atoms with E-state index in [1.807, 2.05) is 49.6 Å². The number of benzene rings is 1. The molecule has 1 aromatic carbocycles. The predicted molar refractivity (Wildman–Crippen MR) is 82.4 cm³/mol. The van der Waals surface area contributed by atoms with Crippen molar-refractivity contribution < 1.29 is 14.2 Å². The van der Waals surface area contributed by atoms with E-state index in [9.17, 15) is 9.59 Å². The van der Waals surface area contributed by atoms with Crippen LogP contribution in [0.1, 0.15) is 25.1 Å². The van der Waals surface area contributed by atoms with Crippen molar-refractivity contribution in [1.82, 2.24) is 0 Å². The number of aromatic nitrogens is 1. The largest absolute Gasteiger partial charge is 0.351 e. The van der Waals surface area contributed by atoms with E-state index in [0.29, 0.717) is 13.0 Å². The molecule has 108 valence electrons. The van der Waals surface area contributed by atoms with Crippen molar-refractivity contribution >= 4 is 28.3 Å². The molecular formula is C16H17N2O2S+. The van der Waals surface area contributed by atoms with E-state index in [4.69, 9.17) is 0 Å². The summed E-state index contributed by atoms with van der Waals surface area (Å²) in [5.41, 5.74) is 1.86. The fourth-order valence-electron chi connectivity index (χ4n) is 2.70. The molecule has 1 atom stereocenters. The van der Waals surface area contributed by atoms with Crippen LogP contribution in [0.15, 0.2) is 35.7 Å². The van der Waals surface area contributed by atoms with Crippen molar-refractivity contribution in [1.29, 1.82) is 0 Å². The summed E-state index contributed by atoms with van der Waals surface area (Å²) in [7, 11) is 0. The van der Waals surface area contributed by atoms with Gasteiger partial charge in [-0.15, -0.1) is 4.57 Å². The molecule has 0 saturated carbocycles. The molecule has 1 amide bonds. The maximum Gasteiger partial charge on any atom is 0.351 e. The standard InChI is InChI=1S/C16H17N2O2S/c1-3-12-14(19)17(4-2)16-18(15(12)20)13(10-21-16)11-8-6-5-7-9-11/h5-10,12H,3-4H2,1-2H3/q+1. The number of hydrogen-bond acceptors (Lipinski definition) is 3. The quantitative estimate of drug-likeness (QED) is 0.646. The zero-order valence-corrected chi connectivity index (χ0v) is 12.9. The summed E-state index contributed by atoms with van der Waals surface area (Å²) in [6.45, 7) is 4.40. The fourth-order valence-corrected chi connectivity index (χ4v) is 3.80. The summed E-state index contributed by atoms with van der Waals surface area (Å²) in [5.74, 6) is -0.756. The Balaban J connectivity index is 2.19. The van der Waals surface area contributed by atoms with Crippen LogP contribution in [0.2, 0.25) is 0 Å². The van der Waals surface area contributed by atoms with Crippen LogP contribution in [0.5, 0.6) is 0 Å². The molecule has 0 fully saturated rings. The summed E-state index contributed by atoms with van der Waals surface area (Å²) < 4.78 is 1.71. The summed E-state index contributed by atoms with van der Waals surface area (Å²) in [5, 5.41) is 2.67. The SMILES string of the molecule is CCC1C(=O)N(CC)c2scc(-c3ccccc3)[n+]2C1=O. The second-order valence-electron chi connectivity index (χ2n) is 4.99. The van der Waals surface area contributed by atoms with Crippen LogP contribution in [0.25, 0.3) is 11.3 Å². The smallest absolute Gasteiger partial charge is 0.246 e. The molecular weight excluding hydrogens is 284 g/mol. The van der Waals surface area contributed by atoms with Gasteiger partial charge in [0, 0.05) is 10.9 Å². The molecule has 2 heterocycles. The lowest BCUT2D eigenvalue weighted by Crippen LogP contribution is -2.60. The molecule has 0 bridgehead atoms. The molecule has 21 heavy (non-hydrogen) atoms. The van der Waals surface area contributed by atoms with Crippen molar-refractivity contribution in [3.05, 3.63) is 35.7 Å². The van der Waals surface area contributed by atoms with Crippen LogP contribution in [0.4, 0.5) is 5.13 Å². The topological polar surface area (TPSA) is 41.3 Å². The number of fused-ring (bicyclic) bond motifs is 1. The van der Waals surface area contributed by atoms with Gasteiger partial charge in [-0.1, -0.05) is 48.6 Å². The van der Waals surface area contributed by atoms with Crippen molar-refractivity contribution in [3.8, 4) is 11.3 Å². The number of carbonyl (C=O) groups is 2. The number of hydrogen-bond donors (Lipinski definition) is 0. The molecule has 1 aromatic heterocycles.